The lowest BCUT2D eigenvalue weighted by atomic mass is 10.1. The van der Waals surface area contributed by atoms with E-state index in [1.807, 2.05) is 30.4 Å². The lowest BCUT2D eigenvalue weighted by Gasteiger charge is -2.25. The Bertz CT molecular complexity index is 1110. The van der Waals surface area contributed by atoms with Crippen LogP contribution in [-0.4, -0.2) is 28.1 Å². The van der Waals surface area contributed by atoms with E-state index in [2.05, 4.69) is 16.0 Å². The summed E-state index contributed by atoms with van der Waals surface area (Å²) in [6.07, 6.45) is 2.65. The molecule has 2 aromatic carbocycles. The summed E-state index contributed by atoms with van der Waals surface area (Å²) >= 11 is 0. The summed E-state index contributed by atoms with van der Waals surface area (Å²) in [6.45, 7) is 2.20. The first-order valence-electron chi connectivity index (χ1n) is 9.73. The zero-order valence-corrected chi connectivity index (χ0v) is 17.5. The molecule has 0 aliphatic carbocycles. The van der Waals surface area contributed by atoms with Gasteiger partial charge in [0.15, 0.2) is 0 Å². The molecule has 0 amide bonds. The highest BCUT2D eigenvalue weighted by molar-refractivity contribution is 5.85. The van der Waals surface area contributed by atoms with Gasteiger partial charge in [-0.05, 0) is 47.9 Å². The molecule has 1 N–H and O–H groups in total. The number of phenols is 1. The normalized spacial score (nSPS) is 15.1. The number of benzene rings is 2. The summed E-state index contributed by atoms with van der Waals surface area (Å²) < 4.78 is 38.0. The van der Waals surface area contributed by atoms with Gasteiger partial charge in [0.1, 0.15) is 11.3 Å². The maximum Gasteiger partial charge on any atom is 0.416 e. The van der Waals surface area contributed by atoms with Crippen molar-refractivity contribution in [1.82, 2.24) is 9.88 Å². The average molecular weight is 447 g/mol. The molecule has 7 heteroatoms. The number of aromatic hydroxyl groups is 1. The monoisotopic (exact) mass is 446 g/mol. The van der Waals surface area contributed by atoms with Crippen molar-refractivity contribution in [3.05, 3.63) is 89.1 Å². The predicted octanol–water partition coefficient (Wildman–Crippen LogP) is 6.23. The molecule has 1 aliphatic rings. The summed E-state index contributed by atoms with van der Waals surface area (Å²) in [5.41, 5.74) is 2.80. The molecule has 4 rings (SSSR count). The lowest BCUT2D eigenvalue weighted by Crippen LogP contribution is -2.28. The van der Waals surface area contributed by atoms with Gasteiger partial charge in [0, 0.05) is 25.0 Å². The van der Waals surface area contributed by atoms with Gasteiger partial charge in [0.25, 0.3) is 0 Å². The molecule has 2 heterocycles. The van der Waals surface area contributed by atoms with E-state index in [1.165, 1.54) is 5.57 Å². The number of hydrogen-bond acceptors (Lipinski definition) is 3. The van der Waals surface area contributed by atoms with Gasteiger partial charge in [-0.3, -0.25) is 4.90 Å². The third-order valence-electron chi connectivity index (χ3n) is 5.20. The van der Waals surface area contributed by atoms with E-state index < -0.39 is 11.7 Å². The van der Waals surface area contributed by atoms with Crippen molar-refractivity contribution in [3.63, 3.8) is 0 Å². The van der Waals surface area contributed by atoms with Crippen molar-refractivity contribution in [2.75, 3.05) is 13.1 Å². The molecule has 0 saturated heterocycles. The van der Waals surface area contributed by atoms with Crippen molar-refractivity contribution in [2.45, 2.75) is 19.1 Å². The molecule has 1 aromatic heterocycles. The highest BCUT2D eigenvalue weighted by Crippen LogP contribution is 2.29. The molecule has 0 bridgehead atoms. The van der Waals surface area contributed by atoms with Gasteiger partial charge in [-0.25, -0.2) is 4.98 Å². The fourth-order valence-corrected chi connectivity index (χ4v) is 3.51. The van der Waals surface area contributed by atoms with Gasteiger partial charge in [-0.2, -0.15) is 13.2 Å². The van der Waals surface area contributed by atoms with Crippen LogP contribution in [-0.2, 0) is 12.7 Å². The second kappa shape index (κ2) is 9.54. The van der Waals surface area contributed by atoms with Gasteiger partial charge in [-0.15, -0.1) is 12.4 Å². The van der Waals surface area contributed by atoms with E-state index >= 15 is 0 Å². The first-order valence-corrected chi connectivity index (χ1v) is 9.73. The molecule has 162 valence electrons. The van der Waals surface area contributed by atoms with E-state index in [9.17, 15) is 18.3 Å². The van der Waals surface area contributed by atoms with Gasteiger partial charge >= 0.3 is 6.18 Å². The van der Waals surface area contributed by atoms with Gasteiger partial charge in [0.2, 0.25) is 0 Å². The topological polar surface area (TPSA) is 36.4 Å². The smallest absolute Gasteiger partial charge is 0.416 e. The zero-order chi connectivity index (χ0) is 21.1. The standard InChI is InChI=1S/C24H21F3N2O.ClH/c25-24(26,27)20-8-4-18(5-9-20)16-29-14-12-17(13-15-29)6-10-21-11-7-19-2-1-3-22(30)23(19)28-21;/h1-12,30H,13-16H2;1H/b10-6+;. The third-order valence-corrected chi connectivity index (χ3v) is 5.20. The molecule has 0 radical (unpaired) electrons. The van der Waals surface area contributed by atoms with Crippen molar-refractivity contribution in [3.8, 4) is 5.75 Å². The minimum atomic E-state index is -4.30. The van der Waals surface area contributed by atoms with E-state index in [0.29, 0.717) is 12.1 Å². The van der Waals surface area contributed by atoms with Gasteiger partial charge in [-0.1, -0.05) is 42.5 Å². The average Bonchev–Trinajstić information content (AvgIpc) is 2.73. The summed E-state index contributed by atoms with van der Waals surface area (Å²) in [6, 6.07) is 14.5. The Labute approximate surface area is 184 Å². The first kappa shape index (κ1) is 22.8. The Hall–Kier alpha value is -2.83. The van der Waals surface area contributed by atoms with E-state index in [1.54, 1.807) is 24.3 Å². The molecule has 0 unspecified atom stereocenters. The van der Waals surface area contributed by atoms with Crippen LogP contribution in [0.2, 0.25) is 0 Å². The number of rotatable bonds is 4. The highest BCUT2D eigenvalue weighted by Gasteiger charge is 2.30. The van der Waals surface area contributed by atoms with Crippen molar-refractivity contribution in [1.29, 1.82) is 0 Å². The van der Waals surface area contributed by atoms with Crippen LogP contribution in [0.5, 0.6) is 5.75 Å². The van der Waals surface area contributed by atoms with Crippen LogP contribution >= 0.6 is 12.4 Å². The van der Waals surface area contributed by atoms with E-state index in [0.717, 1.165) is 48.3 Å². The molecule has 0 fully saturated rings. The summed E-state index contributed by atoms with van der Waals surface area (Å²) in [5.74, 6) is 0.165. The van der Waals surface area contributed by atoms with Crippen LogP contribution in [0.25, 0.3) is 17.0 Å². The molecule has 0 saturated carbocycles. The Morgan fingerprint density at radius 1 is 1.00 bits per heavy atom. The van der Waals surface area contributed by atoms with Crippen LogP contribution in [0.1, 0.15) is 23.2 Å². The number of pyridine rings is 1. The Balaban J connectivity index is 0.00000272. The molecule has 3 aromatic rings. The molecule has 3 nitrogen and oxygen atoms in total. The van der Waals surface area contributed by atoms with Crippen LogP contribution in [0, 0.1) is 0 Å². The number of fused-ring (bicyclic) bond motifs is 1. The lowest BCUT2D eigenvalue weighted by molar-refractivity contribution is -0.137. The quantitative estimate of drug-likeness (QED) is 0.516. The number of nitrogens with zero attached hydrogens (tertiary/aromatic N) is 2. The predicted molar refractivity (Wildman–Crippen MR) is 119 cm³/mol. The molecular formula is C24H22ClF3N2O. The molecule has 0 spiro atoms. The minimum Gasteiger partial charge on any atom is -0.506 e. The highest BCUT2D eigenvalue weighted by atomic mass is 35.5. The van der Waals surface area contributed by atoms with Crippen LogP contribution in [0.4, 0.5) is 13.2 Å². The summed E-state index contributed by atoms with van der Waals surface area (Å²) in [4.78, 5) is 6.70. The number of halogens is 4. The number of aromatic nitrogens is 1. The largest absolute Gasteiger partial charge is 0.506 e. The third kappa shape index (κ3) is 5.66. The fraction of sp³-hybridized carbons (Fsp3) is 0.208. The van der Waals surface area contributed by atoms with Crippen molar-refractivity contribution >= 4 is 29.4 Å². The number of para-hydroxylation sites is 1. The van der Waals surface area contributed by atoms with Crippen molar-refractivity contribution < 1.29 is 18.3 Å². The summed E-state index contributed by atoms with van der Waals surface area (Å²) in [7, 11) is 0. The second-order valence-electron chi connectivity index (χ2n) is 7.38. The fourth-order valence-electron chi connectivity index (χ4n) is 3.51. The van der Waals surface area contributed by atoms with Crippen molar-refractivity contribution in [2.24, 2.45) is 0 Å². The first-order chi connectivity index (χ1) is 14.4. The number of phenolic OH excluding ortho intramolecular Hbond substituents is 1. The SMILES string of the molecule is Cl.Oc1cccc2ccc(/C=C/C3=CCN(Cc4ccc(C(F)(F)F)cc4)CC3)nc12. The number of alkyl halides is 3. The van der Waals surface area contributed by atoms with Crippen LogP contribution in [0.3, 0.4) is 0 Å². The zero-order valence-electron chi connectivity index (χ0n) is 16.6. The Morgan fingerprint density at radius 2 is 1.77 bits per heavy atom. The van der Waals surface area contributed by atoms with Gasteiger partial charge < -0.3 is 5.11 Å². The number of allylic oxidation sites excluding steroid dienone is 1. The number of hydrogen-bond donors (Lipinski definition) is 1. The Kier molecular flexibility index (Phi) is 7.03. The summed E-state index contributed by atoms with van der Waals surface area (Å²) in [5, 5.41) is 10.9. The minimum absolute atomic E-state index is 0. The van der Waals surface area contributed by atoms with E-state index in [-0.39, 0.29) is 18.2 Å². The molecular weight excluding hydrogens is 425 g/mol. The van der Waals surface area contributed by atoms with Gasteiger partial charge in [0.05, 0.1) is 11.3 Å². The van der Waals surface area contributed by atoms with Crippen LogP contribution < -0.4 is 0 Å². The maximum absolute atomic E-state index is 12.7. The van der Waals surface area contributed by atoms with E-state index in [4.69, 9.17) is 0 Å². The molecule has 31 heavy (non-hydrogen) atoms. The maximum atomic E-state index is 12.7. The molecule has 0 atom stereocenters. The second-order valence-corrected chi connectivity index (χ2v) is 7.38. The molecule has 1 aliphatic heterocycles. The van der Waals surface area contributed by atoms with Crippen LogP contribution in [0.15, 0.2) is 72.3 Å². The Morgan fingerprint density at radius 3 is 2.45 bits per heavy atom.